The van der Waals surface area contributed by atoms with Crippen molar-refractivity contribution in [3.63, 3.8) is 0 Å². The summed E-state index contributed by atoms with van der Waals surface area (Å²) in [6.07, 6.45) is 8.57. The van der Waals surface area contributed by atoms with E-state index >= 15 is 0 Å². The monoisotopic (exact) mass is 473 g/mol. The maximum Gasteiger partial charge on any atom is 0.241 e. The first-order valence-electron chi connectivity index (χ1n) is 11.3. The third-order valence-corrected chi connectivity index (χ3v) is 8.18. The summed E-state index contributed by atoms with van der Waals surface area (Å²) in [7, 11) is -3.62. The Balaban J connectivity index is 1.47. The summed E-state index contributed by atoms with van der Waals surface area (Å²) in [4.78, 5) is 7.42. The normalized spacial score (nSPS) is 11.9. The van der Waals surface area contributed by atoms with Crippen LogP contribution in [0.1, 0.15) is 58.5 Å². The molecule has 0 saturated heterocycles. The van der Waals surface area contributed by atoms with E-state index < -0.39 is 10.0 Å². The topological polar surface area (TPSA) is 132 Å². The summed E-state index contributed by atoms with van der Waals surface area (Å²) in [6.45, 7) is 10.4. The highest BCUT2D eigenvalue weighted by Crippen LogP contribution is 2.29. The molecule has 10 heteroatoms. The van der Waals surface area contributed by atoms with Crippen molar-refractivity contribution in [2.75, 3.05) is 12.3 Å². The second-order valence-electron chi connectivity index (χ2n) is 8.68. The summed E-state index contributed by atoms with van der Waals surface area (Å²) in [5, 5.41) is 8.35. The predicted molar refractivity (Wildman–Crippen MR) is 130 cm³/mol. The largest absolute Gasteiger partial charge is 0.369 e. The van der Waals surface area contributed by atoms with E-state index in [1.807, 2.05) is 40.8 Å². The number of aromatic amines is 1. The molecule has 0 amide bonds. The number of H-pyrrole nitrogens is 1. The van der Waals surface area contributed by atoms with Crippen LogP contribution in [0.25, 0.3) is 0 Å². The Bertz CT molecular complexity index is 1180. The molecule has 0 bridgehead atoms. The molecular weight excluding hydrogens is 438 g/mol. The summed E-state index contributed by atoms with van der Waals surface area (Å²) < 4.78 is 30.5. The van der Waals surface area contributed by atoms with Gasteiger partial charge in [0, 0.05) is 18.4 Å². The molecule has 0 saturated carbocycles. The minimum atomic E-state index is -3.62. The fraction of sp³-hybridized carbons (Fsp3) is 0.522. The summed E-state index contributed by atoms with van der Waals surface area (Å²) in [6, 6.07) is 0. The zero-order valence-electron chi connectivity index (χ0n) is 20.2. The maximum absolute atomic E-state index is 13.0. The molecule has 2 aromatic heterocycles. The number of aromatic nitrogens is 5. The lowest BCUT2D eigenvalue weighted by Gasteiger charge is -2.19. The molecule has 0 fully saturated rings. The molecule has 0 unspecified atom stereocenters. The van der Waals surface area contributed by atoms with E-state index in [2.05, 4.69) is 25.0 Å². The minimum Gasteiger partial charge on any atom is -0.369 e. The van der Waals surface area contributed by atoms with Gasteiger partial charge < -0.3 is 10.7 Å². The van der Waals surface area contributed by atoms with Crippen LogP contribution >= 0.6 is 0 Å². The smallest absolute Gasteiger partial charge is 0.241 e. The van der Waals surface area contributed by atoms with Crippen molar-refractivity contribution in [2.24, 2.45) is 0 Å². The van der Waals surface area contributed by atoms with Crippen LogP contribution < -0.4 is 10.5 Å². The lowest BCUT2D eigenvalue weighted by atomic mass is 9.95. The predicted octanol–water partition coefficient (Wildman–Crippen LogP) is 3.06. The number of nitrogens with one attached hydrogen (secondary N) is 2. The van der Waals surface area contributed by atoms with Gasteiger partial charge in [0.2, 0.25) is 10.0 Å². The number of anilines is 1. The highest BCUT2D eigenvalue weighted by molar-refractivity contribution is 7.89. The zero-order chi connectivity index (χ0) is 24.2. The molecule has 0 atom stereocenters. The van der Waals surface area contributed by atoms with Crippen LogP contribution in [0.2, 0.25) is 0 Å². The van der Waals surface area contributed by atoms with E-state index in [-0.39, 0.29) is 6.54 Å². The molecule has 0 spiro atoms. The van der Waals surface area contributed by atoms with Crippen molar-refractivity contribution >= 4 is 16.0 Å². The third kappa shape index (κ3) is 6.00. The second kappa shape index (κ2) is 10.5. The van der Waals surface area contributed by atoms with Gasteiger partial charge in [-0.05, 0) is 88.1 Å². The van der Waals surface area contributed by atoms with Gasteiger partial charge in [-0.1, -0.05) is 11.6 Å². The fourth-order valence-corrected chi connectivity index (χ4v) is 5.72. The summed E-state index contributed by atoms with van der Waals surface area (Å²) in [5.41, 5.74) is 12.4. The number of imidazole rings is 1. The Morgan fingerprint density at radius 2 is 1.61 bits per heavy atom. The zero-order valence-corrected chi connectivity index (χ0v) is 21.0. The van der Waals surface area contributed by atoms with Gasteiger partial charge in [0.1, 0.15) is 0 Å². The molecule has 0 aliphatic rings. The van der Waals surface area contributed by atoms with Gasteiger partial charge in [0.05, 0.1) is 23.3 Å². The number of unbranched alkanes of at least 4 members (excludes halogenated alkanes) is 2. The van der Waals surface area contributed by atoms with Crippen LogP contribution in [0.3, 0.4) is 0 Å². The Kier molecular flexibility index (Phi) is 7.91. The van der Waals surface area contributed by atoms with Crippen LogP contribution in [-0.2, 0) is 29.4 Å². The molecule has 33 heavy (non-hydrogen) atoms. The van der Waals surface area contributed by atoms with Crippen LogP contribution in [0.5, 0.6) is 0 Å². The number of nitrogen functional groups attached to an aromatic ring is 1. The second-order valence-corrected chi connectivity index (χ2v) is 10.4. The Morgan fingerprint density at radius 1 is 0.970 bits per heavy atom. The molecule has 3 rings (SSSR count). The van der Waals surface area contributed by atoms with Crippen LogP contribution in [-0.4, -0.2) is 39.9 Å². The lowest BCUT2D eigenvalue weighted by Crippen LogP contribution is -2.29. The molecule has 9 nitrogen and oxygen atoms in total. The molecule has 4 N–H and O–H groups in total. The maximum atomic E-state index is 13.0. The van der Waals surface area contributed by atoms with E-state index in [0.717, 1.165) is 71.3 Å². The van der Waals surface area contributed by atoms with Crippen LogP contribution in [0.4, 0.5) is 5.95 Å². The molecule has 2 heterocycles. The number of nitrogens with two attached hydrogens (primary N) is 1. The Morgan fingerprint density at radius 3 is 2.24 bits per heavy atom. The fourth-order valence-electron chi connectivity index (χ4n) is 4.10. The number of hydrogen-bond donors (Lipinski definition) is 3. The Hall–Kier alpha value is -2.72. The number of benzene rings is 1. The van der Waals surface area contributed by atoms with Gasteiger partial charge >= 0.3 is 0 Å². The first-order valence-corrected chi connectivity index (χ1v) is 12.8. The average molecular weight is 474 g/mol. The minimum absolute atomic E-state index is 0.253. The van der Waals surface area contributed by atoms with Crippen molar-refractivity contribution in [2.45, 2.75) is 78.2 Å². The molecule has 0 radical (unpaired) electrons. The van der Waals surface area contributed by atoms with Crippen LogP contribution in [0, 0.1) is 34.6 Å². The van der Waals surface area contributed by atoms with Gasteiger partial charge in [-0.2, -0.15) is 0 Å². The molecule has 0 aliphatic carbocycles. The molecule has 3 aromatic rings. The van der Waals surface area contributed by atoms with Gasteiger partial charge in [-0.3, -0.25) is 4.68 Å². The number of nitrogens with zero attached hydrogens (tertiary/aromatic N) is 4. The first kappa shape index (κ1) is 24.9. The van der Waals surface area contributed by atoms with Gasteiger partial charge in [0.15, 0.2) is 5.95 Å². The van der Waals surface area contributed by atoms with Gasteiger partial charge in [0.25, 0.3) is 0 Å². The number of sulfonamides is 1. The van der Waals surface area contributed by atoms with Gasteiger partial charge in [-0.15, -0.1) is 5.10 Å². The number of hydrogen-bond acceptors (Lipinski definition) is 6. The van der Waals surface area contributed by atoms with Crippen molar-refractivity contribution < 1.29 is 8.42 Å². The number of aryl methyl sites for hydroxylation is 2. The van der Waals surface area contributed by atoms with E-state index in [0.29, 0.717) is 17.4 Å². The van der Waals surface area contributed by atoms with E-state index in [4.69, 9.17) is 5.73 Å². The molecule has 180 valence electrons. The van der Waals surface area contributed by atoms with E-state index in [1.54, 1.807) is 10.9 Å². The van der Waals surface area contributed by atoms with Crippen molar-refractivity contribution in [3.8, 4) is 0 Å². The Labute approximate surface area is 196 Å². The lowest BCUT2D eigenvalue weighted by molar-refractivity contribution is 0.552. The molecule has 1 aromatic carbocycles. The van der Waals surface area contributed by atoms with E-state index in [1.165, 1.54) is 0 Å². The van der Waals surface area contributed by atoms with E-state index in [9.17, 15) is 8.42 Å². The standard InChI is InChI=1S/C23H35N7O2S/c1-15-16(2)18(4)22(19(5)17(15)3)33(31,32)26-11-12-30-14-21(28-29-30)10-8-6-7-9-20-13-25-23(24)27-20/h13-14,26H,6-12H2,1-5H3,(H3,24,25,27). The highest BCUT2D eigenvalue weighted by Gasteiger charge is 2.23. The van der Waals surface area contributed by atoms with Crippen LogP contribution in [0.15, 0.2) is 17.3 Å². The quantitative estimate of drug-likeness (QED) is 0.367. The average Bonchev–Trinajstić information content (AvgIpc) is 3.39. The summed E-state index contributed by atoms with van der Waals surface area (Å²) in [5.74, 6) is 0.457. The number of rotatable bonds is 11. The SMILES string of the molecule is Cc1c(C)c(C)c(S(=O)(=O)NCCn2cc(CCCCCc3cnc(N)[nH]3)nn2)c(C)c1C. The van der Waals surface area contributed by atoms with Crippen molar-refractivity contribution in [1.29, 1.82) is 0 Å². The molecule has 0 aliphatic heterocycles. The summed E-state index contributed by atoms with van der Waals surface area (Å²) >= 11 is 0. The third-order valence-electron chi connectivity index (χ3n) is 6.45. The first-order chi connectivity index (χ1) is 15.6. The van der Waals surface area contributed by atoms with Crippen molar-refractivity contribution in [3.05, 3.63) is 51.6 Å². The van der Waals surface area contributed by atoms with Gasteiger partial charge in [-0.25, -0.2) is 18.1 Å². The highest BCUT2D eigenvalue weighted by atomic mass is 32.2. The van der Waals surface area contributed by atoms with Crippen molar-refractivity contribution in [1.82, 2.24) is 29.7 Å². The molecular formula is C23H35N7O2S.